The molecule has 1 aromatic heterocycles. The Morgan fingerprint density at radius 3 is 2.33 bits per heavy atom. The van der Waals surface area contributed by atoms with E-state index in [1.54, 1.807) is 18.1 Å². The number of amides is 1. The molecule has 0 fully saturated rings. The first-order valence-corrected chi connectivity index (χ1v) is 8.67. The lowest BCUT2D eigenvalue weighted by atomic mass is 10.1. The summed E-state index contributed by atoms with van der Waals surface area (Å²) in [6.07, 6.45) is 1.73. The molecular formula is C23H18N2O2. The largest absolute Gasteiger partial charge is 0.457 e. The van der Waals surface area contributed by atoms with Crippen molar-refractivity contribution < 1.29 is 9.53 Å². The van der Waals surface area contributed by atoms with E-state index in [0.29, 0.717) is 5.56 Å². The fourth-order valence-electron chi connectivity index (χ4n) is 2.95. The van der Waals surface area contributed by atoms with Gasteiger partial charge >= 0.3 is 0 Å². The van der Waals surface area contributed by atoms with Gasteiger partial charge in [0.05, 0.1) is 5.52 Å². The second kappa shape index (κ2) is 7.30. The van der Waals surface area contributed by atoms with E-state index in [4.69, 9.17) is 4.74 Å². The standard InChI is InChI=1S/C23H18N2O2/c1-25(23(26)21-9-5-11-22-20(21)10-6-16-24-22)17-12-14-19(15-13-17)27-18-7-3-2-4-8-18/h2-16H,1H3. The summed E-state index contributed by atoms with van der Waals surface area (Å²) in [5, 5.41) is 0.848. The maximum absolute atomic E-state index is 13.0. The summed E-state index contributed by atoms with van der Waals surface area (Å²) in [4.78, 5) is 19.0. The van der Waals surface area contributed by atoms with Crippen LogP contribution in [0.2, 0.25) is 0 Å². The molecule has 0 unspecified atom stereocenters. The number of carbonyl (C=O) groups excluding carboxylic acids is 1. The Balaban J connectivity index is 1.57. The molecule has 0 N–H and O–H groups in total. The van der Waals surface area contributed by atoms with Gasteiger partial charge in [0.15, 0.2) is 0 Å². The average molecular weight is 354 g/mol. The third-order valence-corrected chi connectivity index (χ3v) is 4.38. The van der Waals surface area contributed by atoms with Gasteiger partial charge < -0.3 is 9.64 Å². The van der Waals surface area contributed by atoms with Gasteiger partial charge in [-0.15, -0.1) is 0 Å². The van der Waals surface area contributed by atoms with Gasteiger partial charge in [-0.2, -0.15) is 0 Å². The predicted molar refractivity (Wildman–Crippen MR) is 107 cm³/mol. The van der Waals surface area contributed by atoms with Crippen molar-refractivity contribution >= 4 is 22.5 Å². The van der Waals surface area contributed by atoms with Crippen LogP contribution in [0.4, 0.5) is 5.69 Å². The number of para-hydroxylation sites is 1. The number of rotatable bonds is 4. The van der Waals surface area contributed by atoms with E-state index in [1.807, 2.05) is 84.9 Å². The van der Waals surface area contributed by atoms with Crippen molar-refractivity contribution in [3.8, 4) is 11.5 Å². The molecule has 0 atom stereocenters. The topological polar surface area (TPSA) is 42.4 Å². The normalized spacial score (nSPS) is 10.6. The molecule has 0 aliphatic rings. The van der Waals surface area contributed by atoms with Gasteiger partial charge in [0, 0.05) is 29.9 Å². The van der Waals surface area contributed by atoms with Gasteiger partial charge in [-0.3, -0.25) is 9.78 Å². The minimum Gasteiger partial charge on any atom is -0.457 e. The van der Waals surface area contributed by atoms with Crippen molar-refractivity contribution in [2.75, 3.05) is 11.9 Å². The van der Waals surface area contributed by atoms with Crippen molar-refractivity contribution in [2.45, 2.75) is 0 Å². The van der Waals surface area contributed by atoms with E-state index in [-0.39, 0.29) is 5.91 Å². The summed E-state index contributed by atoms with van der Waals surface area (Å²) < 4.78 is 5.80. The smallest absolute Gasteiger partial charge is 0.258 e. The SMILES string of the molecule is CN(C(=O)c1cccc2ncccc12)c1ccc(Oc2ccccc2)cc1. The quantitative estimate of drug-likeness (QED) is 0.499. The molecule has 3 aromatic carbocycles. The zero-order valence-corrected chi connectivity index (χ0v) is 14.9. The maximum Gasteiger partial charge on any atom is 0.258 e. The summed E-state index contributed by atoms with van der Waals surface area (Å²) in [6, 6.07) is 26.4. The number of anilines is 1. The first-order valence-electron chi connectivity index (χ1n) is 8.67. The van der Waals surface area contributed by atoms with Crippen LogP contribution in [0, 0.1) is 0 Å². The van der Waals surface area contributed by atoms with Gasteiger partial charge in [0.1, 0.15) is 11.5 Å². The number of hydrogen-bond donors (Lipinski definition) is 0. The summed E-state index contributed by atoms with van der Waals surface area (Å²) in [6.45, 7) is 0. The molecule has 0 saturated carbocycles. The minimum absolute atomic E-state index is 0.0784. The fourth-order valence-corrected chi connectivity index (χ4v) is 2.95. The molecule has 0 saturated heterocycles. The number of ether oxygens (including phenoxy) is 1. The van der Waals surface area contributed by atoms with E-state index >= 15 is 0 Å². The molecule has 1 heterocycles. The number of aromatic nitrogens is 1. The highest BCUT2D eigenvalue weighted by atomic mass is 16.5. The molecule has 1 amide bonds. The zero-order valence-electron chi connectivity index (χ0n) is 14.9. The Morgan fingerprint density at radius 1 is 0.815 bits per heavy atom. The van der Waals surface area contributed by atoms with E-state index in [1.165, 1.54) is 0 Å². The summed E-state index contributed by atoms with van der Waals surface area (Å²) in [5.74, 6) is 1.42. The zero-order chi connectivity index (χ0) is 18.6. The molecule has 132 valence electrons. The van der Waals surface area contributed by atoms with Crippen LogP contribution >= 0.6 is 0 Å². The highest BCUT2D eigenvalue weighted by Gasteiger charge is 2.16. The molecule has 4 aromatic rings. The maximum atomic E-state index is 13.0. The van der Waals surface area contributed by atoms with Gasteiger partial charge in [-0.1, -0.05) is 30.3 Å². The Bertz CT molecular complexity index is 1070. The van der Waals surface area contributed by atoms with E-state index in [2.05, 4.69) is 4.98 Å². The van der Waals surface area contributed by atoms with Crippen molar-refractivity contribution in [1.82, 2.24) is 4.98 Å². The van der Waals surface area contributed by atoms with Gasteiger partial charge in [0.2, 0.25) is 0 Å². The van der Waals surface area contributed by atoms with Crippen molar-refractivity contribution in [3.05, 3.63) is 96.7 Å². The molecule has 4 nitrogen and oxygen atoms in total. The Kier molecular flexibility index (Phi) is 4.54. The van der Waals surface area contributed by atoms with Crippen LogP contribution in [0.5, 0.6) is 11.5 Å². The minimum atomic E-state index is -0.0784. The molecule has 4 rings (SSSR count). The third-order valence-electron chi connectivity index (χ3n) is 4.38. The number of nitrogens with zero attached hydrogens (tertiary/aromatic N) is 2. The Labute approximate surface area is 157 Å². The molecule has 0 bridgehead atoms. The van der Waals surface area contributed by atoms with Gasteiger partial charge in [0.25, 0.3) is 5.91 Å². The second-order valence-corrected chi connectivity index (χ2v) is 6.15. The lowest BCUT2D eigenvalue weighted by Gasteiger charge is -2.19. The van der Waals surface area contributed by atoms with Crippen LogP contribution in [0.3, 0.4) is 0 Å². The number of benzene rings is 3. The average Bonchev–Trinajstić information content (AvgIpc) is 2.73. The van der Waals surface area contributed by atoms with E-state index in [0.717, 1.165) is 28.1 Å². The monoisotopic (exact) mass is 354 g/mol. The van der Waals surface area contributed by atoms with Crippen LogP contribution in [0.15, 0.2) is 91.1 Å². The van der Waals surface area contributed by atoms with Crippen LogP contribution in [-0.4, -0.2) is 17.9 Å². The molecule has 4 heteroatoms. The highest BCUT2D eigenvalue weighted by molar-refractivity contribution is 6.13. The molecular weight excluding hydrogens is 336 g/mol. The lowest BCUT2D eigenvalue weighted by Crippen LogP contribution is -2.26. The molecule has 0 radical (unpaired) electrons. The van der Waals surface area contributed by atoms with Crippen LogP contribution in [0.25, 0.3) is 10.9 Å². The fraction of sp³-hybridized carbons (Fsp3) is 0.0435. The Hall–Kier alpha value is -3.66. The van der Waals surface area contributed by atoms with Crippen molar-refractivity contribution in [3.63, 3.8) is 0 Å². The first-order chi connectivity index (χ1) is 13.2. The van der Waals surface area contributed by atoms with Crippen LogP contribution in [0.1, 0.15) is 10.4 Å². The highest BCUT2D eigenvalue weighted by Crippen LogP contribution is 2.25. The van der Waals surface area contributed by atoms with Crippen LogP contribution < -0.4 is 9.64 Å². The molecule has 0 aliphatic carbocycles. The second-order valence-electron chi connectivity index (χ2n) is 6.15. The van der Waals surface area contributed by atoms with Crippen molar-refractivity contribution in [2.24, 2.45) is 0 Å². The molecule has 0 aliphatic heterocycles. The lowest BCUT2D eigenvalue weighted by molar-refractivity contribution is 0.0994. The first kappa shape index (κ1) is 16.8. The predicted octanol–water partition coefficient (Wildman–Crippen LogP) is 5.30. The summed E-state index contributed by atoms with van der Waals surface area (Å²) >= 11 is 0. The van der Waals surface area contributed by atoms with Gasteiger partial charge in [-0.05, 0) is 54.6 Å². The van der Waals surface area contributed by atoms with Crippen molar-refractivity contribution in [1.29, 1.82) is 0 Å². The van der Waals surface area contributed by atoms with E-state index in [9.17, 15) is 4.79 Å². The van der Waals surface area contributed by atoms with Gasteiger partial charge in [-0.25, -0.2) is 0 Å². The molecule has 0 spiro atoms. The number of carbonyl (C=O) groups is 1. The Morgan fingerprint density at radius 2 is 1.56 bits per heavy atom. The summed E-state index contributed by atoms with van der Waals surface area (Å²) in [7, 11) is 1.77. The summed E-state index contributed by atoms with van der Waals surface area (Å²) in [5.41, 5.74) is 2.23. The number of fused-ring (bicyclic) bond motifs is 1. The number of hydrogen-bond acceptors (Lipinski definition) is 3. The number of pyridine rings is 1. The third kappa shape index (κ3) is 3.51. The molecule has 27 heavy (non-hydrogen) atoms. The van der Waals surface area contributed by atoms with Crippen LogP contribution in [-0.2, 0) is 0 Å². The van der Waals surface area contributed by atoms with E-state index < -0.39 is 0 Å².